The van der Waals surface area contributed by atoms with Gasteiger partial charge in [-0.05, 0) is 30.3 Å². The molecule has 30 heavy (non-hydrogen) atoms. The van der Waals surface area contributed by atoms with Crippen LogP contribution in [0.25, 0.3) is 0 Å². The lowest BCUT2D eigenvalue weighted by Crippen LogP contribution is -2.52. The number of hydrogen-bond acceptors (Lipinski definition) is 4. The molecule has 0 atom stereocenters. The Kier molecular flexibility index (Phi) is 5.66. The maximum atomic E-state index is 13.9. The number of amides is 2. The van der Waals surface area contributed by atoms with Gasteiger partial charge in [0.2, 0.25) is 5.91 Å². The van der Waals surface area contributed by atoms with Crippen LogP contribution >= 0.6 is 15.9 Å². The fraction of sp³-hybridized carbons (Fsp3) is 0.286. The van der Waals surface area contributed by atoms with Crippen LogP contribution in [0.1, 0.15) is 18.4 Å². The molecule has 9 heteroatoms. The molecule has 0 aromatic heterocycles. The van der Waals surface area contributed by atoms with Crippen LogP contribution in [-0.4, -0.2) is 47.7 Å². The highest BCUT2D eigenvalue weighted by molar-refractivity contribution is 9.10. The summed E-state index contributed by atoms with van der Waals surface area (Å²) in [5.41, 5.74) is 0.0713. The molecule has 0 bridgehead atoms. The molecule has 156 valence electrons. The Morgan fingerprint density at radius 3 is 2.67 bits per heavy atom. The third kappa shape index (κ3) is 4.41. The van der Waals surface area contributed by atoms with Crippen LogP contribution < -0.4 is 10.6 Å². The second-order valence-electron chi connectivity index (χ2n) is 7.40. The number of likely N-dealkylation sites (tertiary alicyclic amines) is 1. The Hall–Kier alpha value is -2.65. The van der Waals surface area contributed by atoms with Gasteiger partial charge in [0, 0.05) is 36.0 Å². The minimum Gasteiger partial charge on any atom is -0.326 e. The summed E-state index contributed by atoms with van der Waals surface area (Å²) in [4.78, 5) is 31.2. The second kappa shape index (κ2) is 8.23. The smallest absolute Gasteiger partial charge is 0.272 e. The normalized spacial score (nSPS) is 18.2. The van der Waals surface area contributed by atoms with Crippen molar-refractivity contribution in [1.82, 2.24) is 10.2 Å². The molecule has 2 aromatic rings. The van der Waals surface area contributed by atoms with Crippen LogP contribution in [0.4, 0.5) is 14.5 Å². The van der Waals surface area contributed by atoms with Gasteiger partial charge in [-0.15, -0.1) is 0 Å². The maximum absolute atomic E-state index is 13.9. The number of halogens is 3. The van der Waals surface area contributed by atoms with Crippen LogP contribution in [0.2, 0.25) is 0 Å². The van der Waals surface area contributed by atoms with Crippen LogP contribution in [0.3, 0.4) is 0 Å². The molecule has 2 aliphatic rings. The summed E-state index contributed by atoms with van der Waals surface area (Å²) in [5.74, 6) is -1.57. The lowest BCUT2D eigenvalue weighted by atomic mass is 9.98. The minimum atomic E-state index is -0.733. The predicted molar refractivity (Wildman–Crippen MR) is 112 cm³/mol. The minimum absolute atomic E-state index is 0.111. The van der Waals surface area contributed by atoms with Crippen molar-refractivity contribution >= 4 is 39.1 Å². The number of benzene rings is 2. The van der Waals surface area contributed by atoms with E-state index in [1.54, 1.807) is 18.2 Å². The van der Waals surface area contributed by atoms with Crippen molar-refractivity contribution in [3.63, 3.8) is 0 Å². The Balaban J connectivity index is 1.36. The van der Waals surface area contributed by atoms with Crippen LogP contribution in [0.15, 0.2) is 51.9 Å². The maximum Gasteiger partial charge on any atom is 0.272 e. The first-order chi connectivity index (χ1) is 14.3. The highest BCUT2D eigenvalue weighted by atomic mass is 79.9. The van der Waals surface area contributed by atoms with Crippen LogP contribution in [0, 0.1) is 11.6 Å². The molecular formula is C21H19BrF2N4O2. The quantitative estimate of drug-likeness (QED) is 0.711. The molecule has 6 nitrogen and oxygen atoms in total. The highest BCUT2D eigenvalue weighted by Crippen LogP contribution is 2.29. The number of nitrogens with one attached hydrogen (secondary N) is 2. The van der Waals surface area contributed by atoms with E-state index in [0.29, 0.717) is 36.0 Å². The average Bonchev–Trinajstić information content (AvgIpc) is 3.02. The van der Waals surface area contributed by atoms with E-state index in [4.69, 9.17) is 0 Å². The molecule has 0 radical (unpaired) electrons. The standard InChI is InChI=1S/C21H19BrF2N4O2/c22-14-4-5-17(16(24)11-14)25-18(29)12-28-8-6-21(7-9-28)26-19(20(30)27-21)13-2-1-3-15(23)10-13/h1-5,10-11H,6-9,12H2,(H,25,29)(H,27,30). The van der Waals surface area contributed by atoms with Crippen molar-refractivity contribution in [2.75, 3.05) is 25.0 Å². The van der Waals surface area contributed by atoms with E-state index >= 15 is 0 Å². The molecule has 4 rings (SSSR count). The molecule has 1 fully saturated rings. The van der Waals surface area contributed by atoms with Crippen LogP contribution in [0.5, 0.6) is 0 Å². The van der Waals surface area contributed by atoms with Gasteiger partial charge in [0.1, 0.15) is 23.0 Å². The summed E-state index contributed by atoms with van der Waals surface area (Å²) in [6.45, 7) is 1.19. The Bertz CT molecular complexity index is 1040. The highest BCUT2D eigenvalue weighted by Gasteiger charge is 2.42. The Morgan fingerprint density at radius 1 is 1.20 bits per heavy atom. The van der Waals surface area contributed by atoms with Crippen molar-refractivity contribution in [2.24, 2.45) is 4.99 Å². The molecular weight excluding hydrogens is 458 g/mol. The van der Waals surface area contributed by atoms with Gasteiger partial charge < -0.3 is 10.6 Å². The number of carbonyl (C=O) groups is 2. The molecule has 2 N–H and O–H groups in total. The van der Waals surface area contributed by atoms with Gasteiger partial charge in [0.25, 0.3) is 5.91 Å². The van der Waals surface area contributed by atoms with Gasteiger partial charge in [-0.25, -0.2) is 8.78 Å². The monoisotopic (exact) mass is 476 g/mol. The number of rotatable bonds is 4. The van der Waals surface area contributed by atoms with Gasteiger partial charge in [0.05, 0.1) is 12.2 Å². The average molecular weight is 477 g/mol. The zero-order valence-electron chi connectivity index (χ0n) is 15.9. The largest absolute Gasteiger partial charge is 0.326 e. The molecule has 2 aromatic carbocycles. The number of hydrogen-bond donors (Lipinski definition) is 2. The number of aliphatic imine (C=N–C) groups is 1. The third-order valence-corrected chi connectivity index (χ3v) is 5.73. The van der Waals surface area contributed by atoms with Gasteiger partial charge >= 0.3 is 0 Å². The van der Waals surface area contributed by atoms with E-state index in [-0.39, 0.29) is 29.8 Å². The lowest BCUT2D eigenvalue weighted by molar-refractivity contribution is -0.119. The van der Waals surface area contributed by atoms with E-state index in [2.05, 4.69) is 31.6 Å². The van der Waals surface area contributed by atoms with Crippen molar-refractivity contribution < 1.29 is 18.4 Å². The summed E-state index contributed by atoms with van der Waals surface area (Å²) in [6.07, 6.45) is 1.05. The molecule has 0 unspecified atom stereocenters. The molecule has 0 saturated carbocycles. The summed E-state index contributed by atoms with van der Waals surface area (Å²) in [7, 11) is 0. The number of anilines is 1. The van der Waals surface area contributed by atoms with E-state index < -0.39 is 17.3 Å². The summed E-state index contributed by atoms with van der Waals surface area (Å²) in [5, 5.41) is 5.49. The molecule has 1 spiro atoms. The summed E-state index contributed by atoms with van der Waals surface area (Å²) in [6, 6.07) is 10.2. The number of nitrogens with zero attached hydrogens (tertiary/aromatic N) is 2. The Labute approximate surface area is 180 Å². The van der Waals surface area contributed by atoms with Gasteiger partial charge in [-0.3, -0.25) is 19.5 Å². The summed E-state index contributed by atoms with van der Waals surface area (Å²) >= 11 is 3.18. The van der Waals surface area contributed by atoms with Crippen molar-refractivity contribution in [3.8, 4) is 0 Å². The zero-order chi connectivity index (χ0) is 21.3. The topological polar surface area (TPSA) is 73.8 Å². The molecule has 2 heterocycles. The van der Waals surface area contributed by atoms with Gasteiger partial charge in [0.15, 0.2) is 0 Å². The van der Waals surface area contributed by atoms with Crippen molar-refractivity contribution in [2.45, 2.75) is 18.5 Å². The van der Waals surface area contributed by atoms with Crippen molar-refractivity contribution in [3.05, 3.63) is 64.1 Å². The van der Waals surface area contributed by atoms with Crippen molar-refractivity contribution in [1.29, 1.82) is 0 Å². The number of piperidine rings is 1. The molecule has 0 aliphatic carbocycles. The molecule has 1 saturated heterocycles. The SMILES string of the molecule is O=C(CN1CCC2(CC1)N=C(c1cccc(F)c1)C(=O)N2)Nc1ccc(Br)cc1F. The van der Waals surface area contributed by atoms with E-state index in [1.165, 1.54) is 24.3 Å². The first kappa shape index (κ1) is 20.6. The first-order valence-corrected chi connectivity index (χ1v) is 10.3. The lowest BCUT2D eigenvalue weighted by Gasteiger charge is -2.36. The van der Waals surface area contributed by atoms with Gasteiger partial charge in [-0.1, -0.05) is 28.1 Å². The summed E-state index contributed by atoms with van der Waals surface area (Å²) < 4.78 is 28.0. The number of carbonyl (C=O) groups excluding carboxylic acids is 2. The van der Waals surface area contributed by atoms with E-state index in [9.17, 15) is 18.4 Å². The Morgan fingerprint density at radius 2 is 1.97 bits per heavy atom. The van der Waals surface area contributed by atoms with E-state index in [1.807, 2.05) is 4.90 Å². The third-order valence-electron chi connectivity index (χ3n) is 5.24. The zero-order valence-corrected chi connectivity index (χ0v) is 17.5. The fourth-order valence-corrected chi connectivity index (χ4v) is 4.03. The predicted octanol–water partition coefficient (Wildman–Crippen LogP) is 3.08. The molecule has 2 aliphatic heterocycles. The van der Waals surface area contributed by atoms with E-state index in [0.717, 1.165) is 0 Å². The first-order valence-electron chi connectivity index (χ1n) is 9.49. The van der Waals surface area contributed by atoms with Gasteiger partial charge in [-0.2, -0.15) is 0 Å². The fourth-order valence-electron chi connectivity index (χ4n) is 3.70. The molecule has 2 amide bonds. The second-order valence-corrected chi connectivity index (χ2v) is 8.32. The van der Waals surface area contributed by atoms with Crippen LogP contribution in [-0.2, 0) is 9.59 Å².